The molecule has 2 aliphatic carbocycles. The Labute approximate surface area is 107 Å². The van der Waals surface area contributed by atoms with Gasteiger partial charge in [-0.15, -0.1) is 0 Å². The maximum absolute atomic E-state index is 3.73. The van der Waals surface area contributed by atoms with Crippen LogP contribution in [0, 0.1) is 5.92 Å². The summed E-state index contributed by atoms with van der Waals surface area (Å²) in [6.45, 7) is 2.44. The highest BCUT2D eigenvalue weighted by Crippen LogP contribution is 2.33. The fourth-order valence-corrected chi connectivity index (χ4v) is 3.74. The van der Waals surface area contributed by atoms with Crippen molar-refractivity contribution in [3.05, 3.63) is 0 Å². The lowest BCUT2D eigenvalue weighted by atomic mass is 9.95. The summed E-state index contributed by atoms with van der Waals surface area (Å²) < 4.78 is 0. The molecule has 2 saturated carbocycles. The van der Waals surface area contributed by atoms with Gasteiger partial charge in [0.05, 0.1) is 0 Å². The molecule has 0 saturated heterocycles. The fraction of sp³-hybridized carbons (Fsp3) is 1.00. The SMILES string of the molecule is CN(C)C1(CNCCC2CCCC2)CCCC1. The van der Waals surface area contributed by atoms with E-state index in [1.54, 1.807) is 0 Å². The summed E-state index contributed by atoms with van der Waals surface area (Å²) in [6, 6.07) is 0. The molecule has 0 aliphatic heterocycles. The average molecular weight is 238 g/mol. The van der Waals surface area contributed by atoms with E-state index in [2.05, 4.69) is 24.3 Å². The molecule has 100 valence electrons. The van der Waals surface area contributed by atoms with Crippen molar-refractivity contribution in [1.29, 1.82) is 0 Å². The van der Waals surface area contributed by atoms with Gasteiger partial charge in [0.2, 0.25) is 0 Å². The lowest BCUT2D eigenvalue weighted by Gasteiger charge is -2.36. The van der Waals surface area contributed by atoms with Gasteiger partial charge in [-0.3, -0.25) is 0 Å². The van der Waals surface area contributed by atoms with Crippen LogP contribution in [0.15, 0.2) is 0 Å². The molecule has 2 rings (SSSR count). The third kappa shape index (κ3) is 3.45. The molecule has 0 radical (unpaired) electrons. The van der Waals surface area contributed by atoms with Gasteiger partial charge in [-0.1, -0.05) is 38.5 Å². The van der Waals surface area contributed by atoms with Gasteiger partial charge in [0, 0.05) is 12.1 Å². The molecule has 0 bridgehead atoms. The lowest BCUT2D eigenvalue weighted by molar-refractivity contribution is 0.153. The van der Waals surface area contributed by atoms with Crippen LogP contribution in [0.2, 0.25) is 0 Å². The lowest BCUT2D eigenvalue weighted by Crippen LogP contribution is -2.49. The summed E-state index contributed by atoms with van der Waals surface area (Å²) >= 11 is 0. The van der Waals surface area contributed by atoms with Crippen LogP contribution in [-0.4, -0.2) is 37.6 Å². The zero-order valence-corrected chi connectivity index (χ0v) is 11.8. The quantitative estimate of drug-likeness (QED) is 0.716. The Morgan fingerprint density at radius 2 is 1.71 bits per heavy atom. The molecular formula is C15H30N2. The van der Waals surface area contributed by atoms with Crippen molar-refractivity contribution >= 4 is 0 Å². The van der Waals surface area contributed by atoms with Gasteiger partial charge in [0.15, 0.2) is 0 Å². The zero-order chi connectivity index (χ0) is 12.1. The molecule has 0 aromatic rings. The van der Waals surface area contributed by atoms with Crippen molar-refractivity contribution in [3.63, 3.8) is 0 Å². The summed E-state index contributed by atoms with van der Waals surface area (Å²) in [4.78, 5) is 2.46. The monoisotopic (exact) mass is 238 g/mol. The number of hydrogen-bond donors (Lipinski definition) is 1. The third-order valence-electron chi connectivity index (χ3n) is 5.14. The van der Waals surface area contributed by atoms with Crippen LogP contribution < -0.4 is 5.32 Å². The number of hydrogen-bond acceptors (Lipinski definition) is 2. The molecule has 0 unspecified atom stereocenters. The van der Waals surface area contributed by atoms with Gasteiger partial charge in [0.25, 0.3) is 0 Å². The topological polar surface area (TPSA) is 15.3 Å². The summed E-state index contributed by atoms with van der Waals surface area (Å²) in [5.74, 6) is 1.03. The fourth-order valence-electron chi connectivity index (χ4n) is 3.74. The maximum Gasteiger partial charge on any atom is 0.0327 e. The Balaban J connectivity index is 1.65. The Morgan fingerprint density at radius 3 is 2.29 bits per heavy atom. The minimum Gasteiger partial charge on any atom is -0.315 e. The second-order valence-electron chi connectivity index (χ2n) is 6.44. The molecule has 2 fully saturated rings. The van der Waals surface area contributed by atoms with Crippen molar-refractivity contribution < 1.29 is 0 Å². The Bertz CT molecular complexity index is 213. The number of nitrogens with zero attached hydrogens (tertiary/aromatic N) is 1. The Morgan fingerprint density at radius 1 is 1.06 bits per heavy atom. The Hall–Kier alpha value is -0.0800. The first-order chi connectivity index (χ1) is 8.23. The van der Waals surface area contributed by atoms with Crippen LogP contribution in [0.4, 0.5) is 0 Å². The number of nitrogens with one attached hydrogen (secondary N) is 1. The first kappa shape index (κ1) is 13.4. The van der Waals surface area contributed by atoms with Crippen molar-refractivity contribution in [2.24, 2.45) is 5.92 Å². The highest BCUT2D eigenvalue weighted by atomic mass is 15.2. The van der Waals surface area contributed by atoms with Crippen molar-refractivity contribution in [1.82, 2.24) is 10.2 Å². The molecule has 0 aromatic heterocycles. The molecule has 0 aromatic carbocycles. The molecule has 2 heteroatoms. The minimum atomic E-state index is 0.468. The van der Waals surface area contributed by atoms with E-state index in [0.29, 0.717) is 5.54 Å². The predicted molar refractivity (Wildman–Crippen MR) is 74.3 cm³/mol. The van der Waals surface area contributed by atoms with E-state index in [-0.39, 0.29) is 0 Å². The van der Waals surface area contributed by atoms with E-state index in [4.69, 9.17) is 0 Å². The Kier molecular flexibility index (Phi) is 4.87. The molecule has 0 spiro atoms. The van der Waals surface area contributed by atoms with Crippen LogP contribution in [-0.2, 0) is 0 Å². The van der Waals surface area contributed by atoms with Crippen molar-refractivity contribution in [2.75, 3.05) is 27.2 Å². The molecule has 1 N–H and O–H groups in total. The van der Waals surface area contributed by atoms with E-state index in [0.717, 1.165) is 5.92 Å². The normalized spacial score (nSPS) is 24.9. The van der Waals surface area contributed by atoms with Crippen LogP contribution in [0.5, 0.6) is 0 Å². The van der Waals surface area contributed by atoms with Crippen molar-refractivity contribution in [3.8, 4) is 0 Å². The van der Waals surface area contributed by atoms with E-state index in [1.165, 1.54) is 70.9 Å². The van der Waals surface area contributed by atoms with Crippen LogP contribution in [0.25, 0.3) is 0 Å². The molecule has 2 nitrogen and oxygen atoms in total. The minimum absolute atomic E-state index is 0.468. The smallest absolute Gasteiger partial charge is 0.0327 e. The summed E-state index contributed by atoms with van der Waals surface area (Å²) in [6.07, 6.45) is 12.9. The summed E-state index contributed by atoms with van der Waals surface area (Å²) in [5.41, 5.74) is 0.468. The summed E-state index contributed by atoms with van der Waals surface area (Å²) in [5, 5.41) is 3.73. The summed E-state index contributed by atoms with van der Waals surface area (Å²) in [7, 11) is 4.51. The number of rotatable bonds is 6. The predicted octanol–water partition coefficient (Wildman–Crippen LogP) is 3.03. The molecule has 0 atom stereocenters. The average Bonchev–Trinajstić information content (AvgIpc) is 2.96. The molecule has 0 heterocycles. The van der Waals surface area contributed by atoms with Crippen LogP contribution in [0.3, 0.4) is 0 Å². The number of likely N-dealkylation sites (N-methyl/N-ethyl adjacent to an activating group) is 1. The third-order valence-corrected chi connectivity index (χ3v) is 5.14. The van der Waals surface area contributed by atoms with Gasteiger partial charge in [-0.05, 0) is 45.8 Å². The van der Waals surface area contributed by atoms with Gasteiger partial charge in [-0.25, -0.2) is 0 Å². The second-order valence-corrected chi connectivity index (χ2v) is 6.44. The van der Waals surface area contributed by atoms with E-state index in [1.807, 2.05) is 0 Å². The maximum atomic E-state index is 3.73. The first-order valence-electron chi connectivity index (χ1n) is 7.61. The standard InChI is InChI=1S/C15H30N2/c1-17(2)15(10-5-6-11-15)13-16-12-9-14-7-3-4-8-14/h14,16H,3-13H2,1-2H3. The molecule has 0 amide bonds. The van der Waals surface area contributed by atoms with Gasteiger partial charge in [0.1, 0.15) is 0 Å². The van der Waals surface area contributed by atoms with E-state index < -0.39 is 0 Å². The zero-order valence-electron chi connectivity index (χ0n) is 11.8. The van der Waals surface area contributed by atoms with Gasteiger partial charge < -0.3 is 10.2 Å². The van der Waals surface area contributed by atoms with E-state index in [9.17, 15) is 0 Å². The van der Waals surface area contributed by atoms with Gasteiger partial charge >= 0.3 is 0 Å². The first-order valence-corrected chi connectivity index (χ1v) is 7.61. The van der Waals surface area contributed by atoms with Crippen molar-refractivity contribution in [2.45, 2.75) is 63.3 Å². The molecular weight excluding hydrogens is 208 g/mol. The van der Waals surface area contributed by atoms with Crippen LogP contribution in [0.1, 0.15) is 57.8 Å². The molecule has 2 aliphatic rings. The second kappa shape index (κ2) is 6.19. The van der Waals surface area contributed by atoms with E-state index >= 15 is 0 Å². The highest BCUT2D eigenvalue weighted by Gasteiger charge is 2.35. The van der Waals surface area contributed by atoms with Gasteiger partial charge in [-0.2, -0.15) is 0 Å². The molecule has 17 heavy (non-hydrogen) atoms. The largest absolute Gasteiger partial charge is 0.315 e. The van der Waals surface area contributed by atoms with Crippen LogP contribution >= 0.6 is 0 Å². The highest BCUT2D eigenvalue weighted by molar-refractivity contribution is 4.94.